The minimum atomic E-state index is 0.202. The second kappa shape index (κ2) is 5.95. The molecule has 2 N–H and O–H groups in total. The predicted molar refractivity (Wildman–Crippen MR) is 82.4 cm³/mol. The first kappa shape index (κ1) is 14.2. The van der Waals surface area contributed by atoms with Gasteiger partial charge in [-0.05, 0) is 55.6 Å². The molecule has 1 spiro atoms. The van der Waals surface area contributed by atoms with Crippen molar-refractivity contribution in [2.45, 2.75) is 63.5 Å². The zero-order valence-corrected chi connectivity index (χ0v) is 13.1. The lowest BCUT2D eigenvalue weighted by molar-refractivity contribution is -0.0869. The summed E-state index contributed by atoms with van der Waals surface area (Å²) >= 11 is 2.06. The summed E-state index contributed by atoms with van der Waals surface area (Å²) in [7, 11) is 0. The minimum Gasteiger partial charge on any atom is -0.374 e. The Morgan fingerprint density at radius 3 is 2.63 bits per heavy atom. The van der Waals surface area contributed by atoms with Crippen LogP contribution in [0.4, 0.5) is 0 Å². The van der Waals surface area contributed by atoms with Gasteiger partial charge in [0.05, 0.1) is 5.60 Å². The SMILES string of the molecule is CC1CCC(C(N)C2CCOC3(CCSC3)C2)CC1. The van der Waals surface area contributed by atoms with Gasteiger partial charge in [0.2, 0.25) is 0 Å². The summed E-state index contributed by atoms with van der Waals surface area (Å²) in [6.07, 6.45) is 9.18. The zero-order valence-electron chi connectivity index (χ0n) is 12.3. The first-order chi connectivity index (χ1) is 9.19. The number of hydrogen-bond donors (Lipinski definition) is 1. The molecular formula is C16H29NOS. The Balaban J connectivity index is 1.58. The van der Waals surface area contributed by atoms with Gasteiger partial charge >= 0.3 is 0 Å². The Morgan fingerprint density at radius 1 is 1.16 bits per heavy atom. The molecule has 1 saturated carbocycles. The third-order valence-electron chi connectivity index (χ3n) is 5.75. The van der Waals surface area contributed by atoms with Crippen molar-refractivity contribution in [2.24, 2.45) is 23.5 Å². The summed E-state index contributed by atoms with van der Waals surface area (Å²) in [6.45, 7) is 3.34. The molecule has 2 nitrogen and oxygen atoms in total. The van der Waals surface area contributed by atoms with Crippen LogP contribution >= 0.6 is 11.8 Å². The van der Waals surface area contributed by atoms with E-state index in [2.05, 4.69) is 18.7 Å². The van der Waals surface area contributed by atoms with Gasteiger partial charge in [-0.2, -0.15) is 11.8 Å². The van der Waals surface area contributed by atoms with Crippen molar-refractivity contribution in [1.29, 1.82) is 0 Å². The molecule has 1 aliphatic carbocycles. The lowest BCUT2D eigenvalue weighted by Crippen LogP contribution is -2.48. The van der Waals surface area contributed by atoms with Gasteiger partial charge in [0.15, 0.2) is 0 Å². The van der Waals surface area contributed by atoms with E-state index in [1.807, 2.05) is 0 Å². The number of nitrogens with two attached hydrogens (primary N) is 1. The van der Waals surface area contributed by atoms with Crippen molar-refractivity contribution in [3.8, 4) is 0 Å². The quantitative estimate of drug-likeness (QED) is 0.843. The van der Waals surface area contributed by atoms with E-state index in [0.29, 0.717) is 12.0 Å². The van der Waals surface area contributed by atoms with Gasteiger partial charge in [-0.1, -0.05) is 19.8 Å². The first-order valence-corrected chi connectivity index (χ1v) is 9.31. The Labute approximate surface area is 122 Å². The van der Waals surface area contributed by atoms with Crippen LogP contribution in [0.2, 0.25) is 0 Å². The van der Waals surface area contributed by atoms with E-state index in [0.717, 1.165) is 18.4 Å². The predicted octanol–water partition coefficient (Wildman–Crippen LogP) is 3.44. The van der Waals surface area contributed by atoms with E-state index < -0.39 is 0 Å². The van der Waals surface area contributed by atoms with E-state index in [1.165, 1.54) is 56.5 Å². The molecule has 3 aliphatic rings. The van der Waals surface area contributed by atoms with E-state index in [1.54, 1.807) is 0 Å². The average molecular weight is 283 g/mol. The highest BCUT2D eigenvalue weighted by molar-refractivity contribution is 7.99. The Bertz CT molecular complexity index is 295. The lowest BCUT2D eigenvalue weighted by atomic mass is 9.72. The van der Waals surface area contributed by atoms with E-state index in [4.69, 9.17) is 10.5 Å². The molecule has 2 saturated heterocycles. The molecule has 0 radical (unpaired) electrons. The molecule has 2 heterocycles. The van der Waals surface area contributed by atoms with Crippen molar-refractivity contribution in [1.82, 2.24) is 0 Å². The summed E-state index contributed by atoms with van der Waals surface area (Å²) in [6, 6.07) is 0.430. The Hall–Kier alpha value is 0.270. The van der Waals surface area contributed by atoms with Crippen molar-refractivity contribution in [3.05, 3.63) is 0 Å². The monoisotopic (exact) mass is 283 g/mol. The zero-order chi connectivity index (χ0) is 13.3. The molecule has 3 fully saturated rings. The summed E-state index contributed by atoms with van der Waals surface area (Å²) in [5.41, 5.74) is 6.86. The number of rotatable bonds is 2. The molecule has 0 amide bonds. The van der Waals surface area contributed by atoms with Crippen LogP contribution in [-0.4, -0.2) is 29.8 Å². The number of thioether (sulfide) groups is 1. The van der Waals surface area contributed by atoms with Gasteiger partial charge in [0, 0.05) is 18.4 Å². The highest BCUT2D eigenvalue weighted by Gasteiger charge is 2.43. The highest BCUT2D eigenvalue weighted by Crippen LogP contribution is 2.43. The molecule has 3 atom stereocenters. The van der Waals surface area contributed by atoms with Crippen LogP contribution in [0.25, 0.3) is 0 Å². The maximum atomic E-state index is 6.66. The molecule has 3 heteroatoms. The number of ether oxygens (including phenoxy) is 1. The third-order valence-corrected chi connectivity index (χ3v) is 6.97. The average Bonchev–Trinajstić information content (AvgIpc) is 2.87. The van der Waals surface area contributed by atoms with Crippen LogP contribution in [0.3, 0.4) is 0 Å². The minimum absolute atomic E-state index is 0.202. The Kier molecular flexibility index (Phi) is 4.45. The molecule has 3 rings (SSSR count). The fourth-order valence-electron chi connectivity index (χ4n) is 4.31. The molecule has 0 aromatic heterocycles. The summed E-state index contributed by atoms with van der Waals surface area (Å²) < 4.78 is 6.13. The van der Waals surface area contributed by atoms with Crippen molar-refractivity contribution >= 4 is 11.8 Å². The van der Waals surface area contributed by atoms with Gasteiger partial charge in [-0.15, -0.1) is 0 Å². The van der Waals surface area contributed by atoms with E-state index >= 15 is 0 Å². The summed E-state index contributed by atoms with van der Waals surface area (Å²) in [4.78, 5) is 0. The normalized spacial score (nSPS) is 45.5. The van der Waals surface area contributed by atoms with Gasteiger partial charge in [-0.3, -0.25) is 0 Å². The maximum Gasteiger partial charge on any atom is 0.0783 e. The molecule has 3 unspecified atom stereocenters. The summed E-state index contributed by atoms with van der Waals surface area (Å²) in [5, 5.41) is 0. The van der Waals surface area contributed by atoms with Crippen LogP contribution in [0.5, 0.6) is 0 Å². The summed E-state index contributed by atoms with van der Waals surface area (Å²) in [5.74, 6) is 4.91. The largest absolute Gasteiger partial charge is 0.374 e. The molecule has 110 valence electrons. The van der Waals surface area contributed by atoms with Gasteiger partial charge in [0.1, 0.15) is 0 Å². The van der Waals surface area contributed by atoms with Crippen LogP contribution in [0.1, 0.15) is 51.9 Å². The molecule has 0 aromatic rings. The number of hydrogen-bond acceptors (Lipinski definition) is 3. The topological polar surface area (TPSA) is 35.2 Å². The fraction of sp³-hybridized carbons (Fsp3) is 1.00. The van der Waals surface area contributed by atoms with Crippen LogP contribution in [0.15, 0.2) is 0 Å². The van der Waals surface area contributed by atoms with Crippen molar-refractivity contribution < 1.29 is 4.74 Å². The molecule has 19 heavy (non-hydrogen) atoms. The van der Waals surface area contributed by atoms with Crippen molar-refractivity contribution in [3.63, 3.8) is 0 Å². The highest BCUT2D eigenvalue weighted by atomic mass is 32.2. The van der Waals surface area contributed by atoms with Crippen LogP contribution in [0, 0.1) is 17.8 Å². The van der Waals surface area contributed by atoms with E-state index in [-0.39, 0.29) is 5.60 Å². The molecule has 0 bridgehead atoms. The fourth-order valence-corrected chi connectivity index (χ4v) is 5.69. The standard InChI is InChI=1S/C16H29NOS/c1-12-2-4-13(5-3-12)15(17)14-6-8-18-16(10-14)7-9-19-11-16/h12-15H,2-11,17H2,1H3. The Morgan fingerprint density at radius 2 is 1.95 bits per heavy atom. The molecular weight excluding hydrogens is 254 g/mol. The molecule has 0 aromatic carbocycles. The smallest absolute Gasteiger partial charge is 0.0783 e. The van der Waals surface area contributed by atoms with E-state index in [9.17, 15) is 0 Å². The van der Waals surface area contributed by atoms with Crippen molar-refractivity contribution in [2.75, 3.05) is 18.1 Å². The van der Waals surface area contributed by atoms with Gasteiger partial charge in [0.25, 0.3) is 0 Å². The second-order valence-corrected chi connectivity index (χ2v) is 8.29. The van der Waals surface area contributed by atoms with Crippen LogP contribution in [-0.2, 0) is 4.74 Å². The lowest BCUT2D eigenvalue weighted by Gasteiger charge is -2.43. The molecule has 2 aliphatic heterocycles. The van der Waals surface area contributed by atoms with Gasteiger partial charge in [-0.25, -0.2) is 0 Å². The van der Waals surface area contributed by atoms with Gasteiger partial charge < -0.3 is 10.5 Å². The van der Waals surface area contributed by atoms with Crippen LogP contribution < -0.4 is 5.73 Å². The third kappa shape index (κ3) is 3.14. The second-order valence-electron chi connectivity index (χ2n) is 7.18. The first-order valence-electron chi connectivity index (χ1n) is 8.16. The maximum absolute atomic E-state index is 6.66.